The summed E-state index contributed by atoms with van der Waals surface area (Å²) in [6.45, 7) is 0.270. The zero-order chi connectivity index (χ0) is 15.0. The van der Waals surface area contributed by atoms with Crippen LogP contribution in [-0.2, 0) is 6.54 Å². The maximum absolute atomic E-state index is 12.8. The van der Waals surface area contributed by atoms with Crippen LogP contribution in [0.1, 0.15) is 17.7 Å². The van der Waals surface area contributed by atoms with Crippen molar-refractivity contribution >= 4 is 16.9 Å². The number of nitrogens with two attached hydrogens (primary N) is 1. The third kappa shape index (κ3) is 2.37. The van der Waals surface area contributed by atoms with Crippen molar-refractivity contribution in [2.45, 2.75) is 13.0 Å². The van der Waals surface area contributed by atoms with E-state index >= 15 is 0 Å². The molecule has 0 radical (unpaired) electrons. The zero-order valence-corrected chi connectivity index (χ0v) is 10.9. The molecular formula is C14H12F2N4O. The summed E-state index contributed by atoms with van der Waals surface area (Å²) in [5.74, 6) is -0.105. The molecule has 1 aromatic carbocycles. The second kappa shape index (κ2) is 5.01. The molecule has 0 fully saturated rings. The number of H-pyrrole nitrogens is 1. The lowest BCUT2D eigenvalue weighted by Gasteiger charge is -2.06. The van der Waals surface area contributed by atoms with Gasteiger partial charge < -0.3 is 10.7 Å². The number of pyridine rings is 1. The van der Waals surface area contributed by atoms with Gasteiger partial charge in [0.1, 0.15) is 17.0 Å². The van der Waals surface area contributed by atoms with E-state index in [1.54, 1.807) is 0 Å². The largest absolute Gasteiger partial charge is 0.382 e. The van der Waals surface area contributed by atoms with Crippen molar-refractivity contribution in [3.63, 3.8) is 0 Å². The first-order chi connectivity index (χ1) is 10.1. The minimum atomic E-state index is -2.74. The SMILES string of the molecule is Nc1nc(C(F)F)cc2c1[nH]c(=O)n2Cc1ccccc1. The van der Waals surface area contributed by atoms with Gasteiger partial charge >= 0.3 is 5.69 Å². The van der Waals surface area contributed by atoms with Crippen molar-refractivity contribution in [1.82, 2.24) is 14.5 Å². The van der Waals surface area contributed by atoms with Gasteiger partial charge in [0, 0.05) is 0 Å². The molecule has 0 bridgehead atoms. The monoisotopic (exact) mass is 290 g/mol. The molecule has 21 heavy (non-hydrogen) atoms. The average Bonchev–Trinajstić information content (AvgIpc) is 2.77. The van der Waals surface area contributed by atoms with Crippen LogP contribution in [0.3, 0.4) is 0 Å². The van der Waals surface area contributed by atoms with E-state index in [0.29, 0.717) is 5.52 Å². The minimum absolute atomic E-state index is 0.105. The van der Waals surface area contributed by atoms with E-state index in [1.165, 1.54) is 10.6 Å². The Balaban J connectivity index is 2.18. The predicted octanol–water partition coefficient (Wildman–Crippen LogP) is 2.29. The molecule has 7 heteroatoms. The number of aromatic amines is 1. The number of halogens is 2. The molecule has 0 aliphatic rings. The molecule has 0 saturated carbocycles. The fraction of sp³-hybridized carbons (Fsp3) is 0.143. The van der Waals surface area contributed by atoms with E-state index in [-0.39, 0.29) is 17.9 Å². The van der Waals surface area contributed by atoms with Crippen LogP contribution in [0.25, 0.3) is 11.0 Å². The number of benzene rings is 1. The number of rotatable bonds is 3. The van der Waals surface area contributed by atoms with E-state index in [2.05, 4.69) is 9.97 Å². The summed E-state index contributed by atoms with van der Waals surface area (Å²) in [4.78, 5) is 18.2. The first kappa shape index (κ1) is 13.3. The molecule has 0 spiro atoms. The van der Waals surface area contributed by atoms with Crippen LogP contribution >= 0.6 is 0 Å². The Morgan fingerprint density at radius 2 is 2.00 bits per heavy atom. The Kier molecular flexibility index (Phi) is 3.17. The molecule has 5 nitrogen and oxygen atoms in total. The minimum Gasteiger partial charge on any atom is -0.382 e. The summed E-state index contributed by atoms with van der Waals surface area (Å²) in [7, 11) is 0. The van der Waals surface area contributed by atoms with Gasteiger partial charge in [0.25, 0.3) is 6.43 Å². The van der Waals surface area contributed by atoms with Gasteiger partial charge in [-0.25, -0.2) is 18.6 Å². The average molecular weight is 290 g/mol. The molecule has 0 amide bonds. The number of nitrogens with one attached hydrogen (secondary N) is 1. The molecule has 0 unspecified atom stereocenters. The number of nitrogens with zero attached hydrogens (tertiary/aromatic N) is 2. The molecule has 0 aliphatic carbocycles. The third-order valence-corrected chi connectivity index (χ3v) is 3.22. The summed E-state index contributed by atoms with van der Waals surface area (Å²) in [6.07, 6.45) is -2.74. The van der Waals surface area contributed by atoms with Gasteiger partial charge in [0.2, 0.25) is 0 Å². The van der Waals surface area contributed by atoms with E-state index in [0.717, 1.165) is 5.56 Å². The highest BCUT2D eigenvalue weighted by molar-refractivity contribution is 5.85. The molecule has 0 aliphatic heterocycles. The number of fused-ring (bicyclic) bond motifs is 1. The number of imidazole rings is 1. The molecule has 108 valence electrons. The molecular weight excluding hydrogens is 278 g/mol. The Bertz CT molecular complexity index is 839. The first-order valence-corrected chi connectivity index (χ1v) is 6.27. The normalized spacial score (nSPS) is 11.4. The van der Waals surface area contributed by atoms with Crippen molar-refractivity contribution < 1.29 is 8.78 Å². The fourth-order valence-electron chi connectivity index (χ4n) is 2.23. The van der Waals surface area contributed by atoms with Gasteiger partial charge in [0.05, 0.1) is 12.1 Å². The maximum Gasteiger partial charge on any atom is 0.326 e. The van der Waals surface area contributed by atoms with E-state index < -0.39 is 17.8 Å². The quantitative estimate of drug-likeness (QED) is 0.777. The number of hydrogen-bond acceptors (Lipinski definition) is 3. The Morgan fingerprint density at radius 3 is 2.67 bits per heavy atom. The van der Waals surface area contributed by atoms with Gasteiger partial charge in [-0.1, -0.05) is 30.3 Å². The standard InChI is InChI=1S/C14H12F2N4O/c15-12(16)9-6-10-11(13(17)18-9)19-14(21)20(10)7-8-4-2-1-3-5-8/h1-6,12H,7H2,(H2,17,18)(H,19,21). The van der Waals surface area contributed by atoms with Gasteiger partial charge in [-0.15, -0.1) is 0 Å². The van der Waals surface area contributed by atoms with E-state index in [1.807, 2.05) is 30.3 Å². The van der Waals surface area contributed by atoms with Crippen LogP contribution in [-0.4, -0.2) is 14.5 Å². The number of anilines is 1. The second-order valence-electron chi connectivity index (χ2n) is 4.63. The van der Waals surface area contributed by atoms with Crippen LogP contribution in [0.15, 0.2) is 41.2 Å². The topological polar surface area (TPSA) is 76.7 Å². The highest BCUT2D eigenvalue weighted by atomic mass is 19.3. The Labute approximate surface area is 118 Å². The van der Waals surface area contributed by atoms with Crippen LogP contribution in [0, 0.1) is 0 Å². The summed E-state index contributed by atoms with van der Waals surface area (Å²) in [5.41, 5.74) is 6.28. The highest BCUT2D eigenvalue weighted by Gasteiger charge is 2.16. The van der Waals surface area contributed by atoms with Crippen molar-refractivity contribution in [3.8, 4) is 0 Å². The Hall–Kier alpha value is -2.70. The highest BCUT2D eigenvalue weighted by Crippen LogP contribution is 2.24. The molecule has 3 rings (SSSR count). The molecule has 0 saturated heterocycles. The van der Waals surface area contributed by atoms with Crippen LogP contribution < -0.4 is 11.4 Å². The third-order valence-electron chi connectivity index (χ3n) is 3.22. The van der Waals surface area contributed by atoms with Gasteiger partial charge in [-0.2, -0.15) is 0 Å². The van der Waals surface area contributed by atoms with E-state index in [9.17, 15) is 13.6 Å². The van der Waals surface area contributed by atoms with Crippen molar-refractivity contribution in [2.24, 2.45) is 0 Å². The molecule has 3 N–H and O–H groups in total. The maximum atomic E-state index is 12.8. The second-order valence-corrected chi connectivity index (χ2v) is 4.63. The lowest BCUT2D eigenvalue weighted by atomic mass is 10.2. The molecule has 2 aromatic heterocycles. The van der Waals surface area contributed by atoms with Crippen LogP contribution in [0.4, 0.5) is 14.6 Å². The fourth-order valence-corrected chi connectivity index (χ4v) is 2.23. The van der Waals surface area contributed by atoms with Gasteiger partial charge in [-0.05, 0) is 11.6 Å². The van der Waals surface area contributed by atoms with Crippen molar-refractivity contribution in [1.29, 1.82) is 0 Å². The van der Waals surface area contributed by atoms with Crippen molar-refractivity contribution in [2.75, 3.05) is 5.73 Å². The zero-order valence-electron chi connectivity index (χ0n) is 10.9. The summed E-state index contributed by atoms with van der Waals surface area (Å²) >= 11 is 0. The summed E-state index contributed by atoms with van der Waals surface area (Å²) in [6, 6.07) is 10.4. The van der Waals surface area contributed by atoms with Gasteiger partial charge in [-0.3, -0.25) is 4.57 Å². The Morgan fingerprint density at radius 1 is 1.29 bits per heavy atom. The summed E-state index contributed by atoms with van der Waals surface area (Å²) in [5, 5.41) is 0. The summed E-state index contributed by atoms with van der Waals surface area (Å²) < 4.78 is 27.0. The lowest BCUT2D eigenvalue weighted by molar-refractivity contribution is 0.146. The first-order valence-electron chi connectivity index (χ1n) is 6.27. The molecule has 2 heterocycles. The number of hydrogen-bond donors (Lipinski definition) is 2. The lowest BCUT2D eigenvalue weighted by Crippen LogP contribution is -2.17. The number of alkyl halides is 2. The van der Waals surface area contributed by atoms with Gasteiger partial charge in [0.15, 0.2) is 0 Å². The predicted molar refractivity (Wildman–Crippen MR) is 75.3 cm³/mol. The molecule has 0 atom stereocenters. The number of aromatic nitrogens is 3. The molecule has 3 aromatic rings. The van der Waals surface area contributed by atoms with Crippen molar-refractivity contribution in [3.05, 3.63) is 58.1 Å². The number of nitrogen functional groups attached to an aromatic ring is 1. The van der Waals surface area contributed by atoms with Crippen LogP contribution in [0.2, 0.25) is 0 Å². The van der Waals surface area contributed by atoms with E-state index in [4.69, 9.17) is 5.73 Å². The van der Waals surface area contributed by atoms with Crippen LogP contribution in [0.5, 0.6) is 0 Å². The smallest absolute Gasteiger partial charge is 0.326 e.